The summed E-state index contributed by atoms with van der Waals surface area (Å²) in [4.78, 5) is 27.8. The second-order valence-corrected chi connectivity index (χ2v) is 8.02. The fourth-order valence-electron chi connectivity index (χ4n) is 4.05. The molecule has 6 heteroatoms. The highest BCUT2D eigenvalue weighted by Gasteiger charge is 2.19. The molecule has 2 aliphatic heterocycles. The first kappa shape index (κ1) is 20.6. The Labute approximate surface area is 177 Å². The van der Waals surface area contributed by atoms with Crippen LogP contribution in [0.2, 0.25) is 0 Å². The maximum absolute atomic E-state index is 12.7. The van der Waals surface area contributed by atoms with Gasteiger partial charge in [0.2, 0.25) is 0 Å². The van der Waals surface area contributed by atoms with Crippen LogP contribution in [-0.2, 0) is 11.3 Å². The number of nitrogens with zero attached hydrogens (tertiary/aromatic N) is 1. The Morgan fingerprint density at radius 3 is 2.47 bits per heavy atom. The molecule has 158 valence electrons. The van der Waals surface area contributed by atoms with Crippen molar-refractivity contribution in [3.05, 3.63) is 65.2 Å². The van der Waals surface area contributed by atoms with Gasteiger partial charge in [-0.25, -0.2) is 0 Å². The molecule has 2 N–H and O–H groups in total. The number of likely N-dealkylation sites (tertiary alicyclic amines) is 1. The Balaban J connectivity index is 1.37. The number of carbonyl (C=O) groups excluding carboxylic acids is 2. The number of para-hydroxylation sites is 1. The molecule has 2 amide bonds. The summed E-state index contributed by atoms with van der Waals surface area (Å²) in [5, 5.41) is 5.80. The molecule has 2 aromatic carbocycles. The third kappa shape index (κ3) is 5.26. The number of hydrogen-bond donors (Lipinski definition) is 2. The lowest BCUT2D eigenvalue weighted by Gasteiger charge is -2.15. The van der Waals surface area contributed by atoms with Gasteiger partial charge in [0.1, 0.15) is 0 Å². The number of ether oxygens (including phenoxy) is 1. The van der Waals surface area contributed by atoms with Crippen LogP contribution in [0.25, 0.3) is 0 Å². The van der Waals surface area contributed by atoms with Gasteiger partial charge in [0.05, 0.1) is 17.4 Å². The molecule has 0 bridgehead atoms. The average molecular weight is 408 g/mol. The van der Waals surface area contributed by atoms with Crippen molar-refractivity contribution in [3.63, 3.8) is 0 Å². The lowest BCUT2D eigenvalue weighted by Crippen LogP contribution is -2.32. The normalized spacial score (nSPS) is 19.0. The fraction of sp³-hybridized carbons (Fsp3) is 0.417. The molecule has 0 aromatic heterocycles. The highest BCUT2D eigenvalue weighted by Crippen LogP contribution is 2.18. The van der Waals surface area contributed by atoms with Crippen LogP contribution >= 0.6 is 0 Å². The highest BCUT2D eigenvalue weighted by atomic mass is 16.5. The van der Waals surface area contributed by atoms with Crippen LogP contribution < -0.4 is 10.6 Å². The lowest BCUT2D eigenvalue weighted by atomic mass is 10.1. The molecule has 0 unspecified atom stereocenters. The zero-order valence-electron chi connectivity index (χ0n) is 17.2. The lowest BCUT2D eigenvalue weighted by molar-refractivity contribution is 0.0858. The number of hydrogen-bond acceptors (Lipinski definition) is 4. The van der Waals surface area contributed by atoms with Crippen LogP contribution in [0, 0.1) is 0 Å². The van der Waals surface area contributed by atoms with Crippen LogP contribution in [0.15, 0.2) is 48.5 Å². The van der Waals surface area contributed by atoms with Crippen molar-refractivity contribution in [2.24, 2.45) is 0 Å². The van der Waals surface area contributed by atoms with Gasteiger partial charge >= 0.3 is 0 Å². The molecular formula is C24H29N3O3. The molecular weight excluding hydrogens is 378 g/mol. The van der Waals surface area contributed by atoms with Gasteiger partial charge < -0.3 is 15.4 Å². The van der Waals surface area contributed by atoms with E-state index in [1.807, 2.05) is 30.3 Å². The van der Waals surface area contributed by atoms with Crippen molar-refractivity contribution >= 4 is 17.5 Å². The second-order valence-electron chi connectivity index (χ2n) is 8.02. The van der Waals surface area contributed by atoms with Gasteiger partial charge in [0, 0.05) is 25.3 Å². The standard InChI is InChI=1S/C24H29N3O3/c28-23(19-11-9-18(10-12-19)17-27-13-3-4-14-27)26-22-8-2-1-7-21(22)24(29)25-16-20-6-5-15-30-20/h1-2,7-12,20H,3-6,13-17H2,(H,25,29)(H,26,28)/t20-/m1/s1. The summed E-state index contributed by atoms with van der Waals surface area (Å²) in [6.07, 6.45) is 4.61. The third-order valence-corrected chi connectivity index (χ3v) is 5.76. The molecule has 2 aromatic rings. The first-order valence-electron chi connectivity index (χ1n) is 10.8. The number of anilines is 1. The van der Waals surface area contributed by atoms with Crippen LogP contribution in [0.1, 0.15) is 52.0 Å². The zero-order chi connectivity index (χ0) is 20.8. The van der Waals surface area contributed by atoms with Gasteiger partial charge in [-0.3, -0.25) is 14.5 Å². The first-order valence-corrected chi connectivity index (χ1v) is 10.8. The predicted molar refractivity (Wildman–Crippen MR) is 117 cm³/mol. The van der Waals surface area contributed by atoms with Crippen LogP contribution in [0.3, 0.4) is 0 Å². The van der Waals surface area contributed by atoms with E-state index in [4.69, 9.17) is 4.74 Å². The molecule has 0 saturated carbocycles. The summed E-state index contributed by atoms with van der Waals surface area (Å²) in [5.74, 6) is -0.426. The van der Waals surface area contributed by atoms with Crippen molar-refractivity contribution in [2.45, 2.75) is 38.3 Å². The van der Waals surface area contributed by atoms with Gasteiger partial charge in [0.25, 0.3) is 11.8 Å². The maximum atomic E-state index is 12.7. The molecule has 0 radical (unpaired) electrons. The quantitative estimate of drug-likeness (QED) is 0.738. The molecule has 2 heterocycles. The van der Waals surface area contributed by atoms with E-state index >= 15 is 0 Å². The summed E-state index contributed by atoms with van der Waals surface area (Å²) in [7, 11) is 0. The van der Waals surface area contributed by atoms with E-state index in [0.717, 1.165) is 39.1 Å². The Kier molecular flexibility index (Phi) is 6.77. The average Bonchev–Trinajstić information content (AvgIpc) is 3.47. The SMILES string of the molecule is O=C(Nc1ccccc1C(=O)NC[C@H]1CCCO1)c1ccc(CN2CCCC2)cc1. The fourth-order valence-corrected chi connectivity index (χ4v) is 4.05. The van der Waals surface area contributed by atoms with E-state index in [2.05, 4.69) is 15.5 Å². The van der Waals surface area contributed by atoms with E-state index < -0.39 is 0 Å². The Morgan fingerprint density at radius 1 is 0.967 bits per heavy atom. The Bertz CT molecular complexity index is 870. The molecule has 1 atom stereocenters. The first-order chi connectivity index (χ1) is 14.7. The summed E-state index contributed by atoms with van der Waals surface area (Å²) < 4.78 is 5.56. The Hall–Kier alpha value is -2.70. The van der Waals surface area contributed by atoms with Crippen molar-refractivity contribution in [2.75, 3.05) is 31.6 Å². The van der Waals surface area contributed by atoms with E-state index in [0.29, 0.717) is 23.4 Å². The van der Waals surface area contributed by atoms with E-state index in [1.54, 1.807) is 18.2 Å². The minimum Gasteiger partial charge on any atom is -0.376 e. The smallest absolute Gasteiger partial charge is 0.255 e. The van der Waals surface area contributed by atoms with Crippen molar-refractivity contribution in [3.8, 4) is 0 Å². The van der Waals surface area contributed by atoms with Crippen molar-refractivity contribution in [1.29, 1.82) is 0 Å². The number of amides is 2. The van der Waals surface area contributed by atoms with E-state index in [9.17, 15) is 9.59 Å². The molecule has 30 heavy (non-hydrogen) atoms. The molecule has 2 fully saturated rings. The molecule has 0 spiro atoms. The highest BCUT2D eigenvalue weighted by molar-refractivity contribution is 6.09. The topological polar surface area (TPSA) is 70.7 Å². The Morgan fingerprint density at radius 2 is 1.73 bits per heavy atom. The number of carbonyl (C=O) groups is 2. The second kappa shape index (κ2) is 9.87. The van der Waals surface area contributed by atoms with Crippen LogP contribution in [0.5, 0.6) is 0 Å². The summed E-state index contributed by atoms with van der Waals surface area (Å²) >= 11 is 0. The molecule has 2 saturated heterocycles. The number of benzene rings is 2. The van der Waals surface area contributed by atoms with E-state index in [-0.39, 0.29) is 17.9 Å². The number of nitrogens with one attached hydrogen (secondary N) is 2. The van der Waals surface area contributed by atoms with Gasteiger partial charge in [-0.1, -0.05) is 24.3 Å². The monoisotopic (exact) mass is 407 g/mol. The predicted octanol–water partition coefficient (Wildman–Crippen LogP) is 3.44. The van der Waals surface area contributed by atoms with Gasteiger partial charge in [0.15, 0.2) is 0 Å². The molecule has 2 aliphatic rings. The van der Waals surface area contributed by atoms with Gasteiger partial charge in [-0.15, -0.1) is 0 Å². The third-order valence-electron chi connectivity index (χ3n) is 5.76. The molecule has 6 nitrogen and oxygen atoms in total. The molecule has 0 aliphatic carbocycles. The summed E-state index contributed by atoms with van der Waals surface area (Å²) in [6.45, 7) is 4.46. The minimum atomic E-state index is -0.220. The van der Waals surface area contributed by atoms with E-state index in [1.165, 1.54) is 18.4 Å². The summed E-state index contributed by atoms with van der Waals surface area (Å²) in [5.41, 5.74) is 2.75. The zero-order valence-corrected chi connectivity index (χ0v) is 17.2. The van der Waals surface area contributed by atoms with Gasteiger partial charge in [-0.2, -0.15) is 0 Å². The van der Waals surface area contributed by atoms with Crippen molar-refractivity contribution in [1.82, 2.24) is 10.2 Å². The van der Waals surface area contributed by atoms with Crippen molar-refractivity contribution < 1.29 is 14.3 Å². The van der Waals surface area contributed by atoms with Crippen LogP contribution in [0.4, 0.5) is 5.69 Å². The largest absolute Gasteiger partial charge is 0.376 e. The maximum Gasteiger partial charge on any atom is 0.255 e. The number of rotatable bonds is 7. The molecule has 4 rings (SSSR count). The minimum absolute atomic E-state index is 0.0785. The summed E-state index contributed by atoms with van der Waals surface area (Å²) in [6, 6.07) is 14.8. The van der Waals surface area contributed by atoms with Crippen LogP contribution in [-0.4, -0.2) is 49.1 Å². The van der Waals surface area contributed by atoms with Gasteiger partial charge in [-0.05, 0) is 68.6 Å².